The van der Waals surface area contributed by atoms with E-state index in [0.29, 0.717) is 0 Å². The number of aryl methyl sites for hydroxylation is 1. The van der Waals surface area contributed by atoms with Gasteiger partial charge in [0.05, 0.1) is 0 Å². The van der Waals surface area contributed by atoms with Crippen LogP contribution in [0.5, 0.6) is 0 Å². The average molecular weight is 211 g/mol. The molecule has 2 rings (SSSR count). The molecule has 73 valence electrons. The molecule has 0 amide bonds. The zero-order valence-corrected chi connectivity index (χ0v) is 9.77. The molecular weight excluding hydrogens is 198 g/mol. The Labute approximate surface area is 95.1 Å². The minimum absolute atomic E-state index is 0. The topological polar surface area (TPSA) is 0 Å². The van der Waals surface area contributed by atoms with Crippen LogP contribution in [0.15, 0.2) is 54.6 Å². The summed E-state index contributed by atoms with van der Waals surface area (Å²) in [4.78, 5) is 0. The van der Waals surface area contributed by atoms with Gasteiger partial charge >= 0.3 is 0 Å². The molecule has 2 aromatic rings. The van der Waals surface area contributed by atoms with Crippen molar-refractivity contribution in [2.24, 2.45) is 0 Å². The van der Waals surface area contributed by atoms with Crippen molar-refractivity contribution in [3.8, 4) is 0 Å². The summed E-state index contributed by atoms with van der Waals surface area (Å²) in [6.45, 7) is 2.17. The smallest absolute Gasteiger partial charge is 0 e. The van der Waals surface area contributed by atoms with Crippen LogP contribution in [-0.2, 0) is 0 Å². The molecule has 0 heterocycles. The first kappa shape index (κ1) is 12.0. The standard InChI is InChI=1S/C13H13P.B/c1-11-7-5-6-10-13(11)14-12-8-3-2-4-9-12;/h2-10,14H,1H3;. The lowest BCUT2D eigenvalue weighted by Crippen LogP contribution is -2.05. The van der Waals surface area contributed by atoms with Gasteiger partial charge in [-0.05, 0) is 23.1 Å². The Balaban J connectivity index is 0.00000112. The van der Waals surface area contributed by atoms with Gasteiger partial charge in [0.15, 0.2) is 0 Å². The predicted octanol–water partition coefficient (Wildman–Crippen LogP) is 2.24. The highest BCUT2D eigenvalue weighted by Crippen LogP contribution is 2.12. The van der Waals surface area contributed by atoms with Gasteiger partial charge in [0.2, 0.25) is 0 Å². The van der Waals surface area contributed by atoms with Gasteiger partial charge in [-0.3, -0.25) is 0 Å². The quantitative estimate of drug-likeness (QED) is 0.527. The Bertz CT molecular complexity index is 412. The maximum atomic E-state index is 2.21. The fraction of sp³-hybridized carbons (Fsp3) is 0.0769. The van der Waals surface area contributed by atoms with Crippen molar-refractivity contribution in [2.45, 2.75) is 6.92 Å². The lowest BCUT2D eigenvalue weighted by Gasteiger charge is -2.04. The summed E-state index contributed by atoms with van der Waals surface area (Å²) in [5, 5.41) is 2.85. The first-order chi connectivity index (χ1) is 6.86. The minimum Gasteiger partial charge on any atom is -0.0622 e. The van der Waals surface area contributed by atoms with Crippen LogP contribution in [0, 0.1) is 6.92 Å². The van der Waals surface area contributed by atoms with Gasteiger partial charge in [0.25, 0.3) is 0 Å². The van der Waals surface area contributed by atoms with E-state index in [-0.39, 0.29) is 8.41 Å². The average Bonchev–Trinajstić information content (AvgIpc) is 2.23. The molecule has 0 N–H and O–H groups in total. The molecule has 0 nitrogen and oxygen atoms in total. The van der Waals surface area contributed by atoms with Crippen LogP contribution < -0.4 is 10.6 Å². The highest BCUT2D eigenvalue weighted by molar-refractivity contribution is 7.55. The van der Waals surface area contributed by atoms with E-state index >= 15 is 0 Å². The molecule has 0 aliphatic rings. The predicted molar refractivity (Wildman–Crippen MR) is 71.0 cm³/mol. The summed E-state index contributed by atoms with van der Waals surface area (Å²) in [6.07, 6.45) is 0. The third kappa shape index (κ3) is 3.21. The van der Waals surface area contributed by atoms with Gasteiger partial charge in [-0.25, -0.2) is 0 Å². The van der Waals surface area contributed by atoms with Crippen molar-refractivity contribution in [3.63, 3.8) is 0 Å². The third-order valence-corrected chi connectivity index (χ3v) is 3.65. The molecule has 2 heteroatoms. The van der Waals surface area contributed by atoms with Crippen LogP contribution in [-0.4, -0.2) is 8.41 Å². The highest BCUT2D eigenvalue weighted by Gasteiger charge is 1.97. The molecule has 0 aliphatic heterocycles. The van der Waals surface area contributed by atoms with E-state index < -0.39 is 0 Å². The molecule has 1 atom stereocenters. The summed E-state index contributed by atoms with van der Waals surface area (Å²) in [7, 11) is 0.776. The van der Waals surface area contributed by atoms with E-state index in [1.807, 2.05) is 0 Å². The minimum atomic E-state index is 0. The molecular formula is C13H13BP. The van der Waals surface area contributed by atoms with Crippen LogP contribution in [0.3, 0.4) is 0 Å². The molecule has 3 radical (unpaired) electrons. The zero-order valence-electron chi connectivity index (χ0n) is 8.77. The fourth-order valence-corrected chi connectivity index (χ4v) is 2.52. The van der Waals surface area contributed by atoms with Crippen LogP contribution in [0.25, 0.3) is 0 Å². The fourth-order valence-electron chi connectivity index (χ4n) is 1.39. The molecule has 0 saturated carbocycles. The van der Waals surface area contributed by atoms with Crippen molar-refractivity contribution in [1.29, 1.82) is 0 Å². The maximum absolute atomic E-state index is 2.21. The third-order valence-electron chi connectivity index (χ3n) is 2.20. The van der Waals surface area contributed by atoms with E-state index in [1.54, 1.807) is 0 Å². The Morgan fingerprint density at radius 3 is 2.07 bits per heavy atom. The first-order valence-corrected chi connectivity index (χ1v) is 5.74. The highest BCUT2D eigenvalue weighted by atomic mass is 31.1. The molecule has 0 bridgehead atoms. The van der Waals surface area contributed by atoms with Gasteiger partial charge in [-0.2, -0.15) is 0 Å². The molecule has 1 unspecified atom stereocenters. The number of benzene rings is 2. The van der Waals surface area contributed by atoms with E-state index in [0.717, 1.165) is 8.58 Å². The lowest BCUT2D eigenvalue weighted by molar-refractivity contribution is 1.52. The molecule has 0 aliphatic carbocycles. The lowest BCUT2D eigenvalue weighted by atomic mass is 10.2. The van der Waals surface area contributed by atoms with Crippen molar-refractivity contribution >= 4 is 27.6 Å². The number of rotatable bonds is 2. The monoisotopic (exact) mass is 211 g/mol. The Kier molecular flexibility index (Phi) is 4.58. The van der Waals surface area contributed by atoms with Crippen LogP contribution in [0.4, 0.5) is 0 Å². The van der Waals surface area contributed by atoms with Gasteiger partial charge in [0, 0.05) is 8.41 Å². The second-order valence-electron chi connectivity index (χ2n) is 3.31. The number of hydrogen-bond donors (Lipinski definition) is 0. The number of hydrogen-bond acceptors (Lipinski definition) is 0. The second-order valence-corrected chi connectivity index (χ2v) is 4.67. The van der Waals surface area contributed by atoms with E-state index in [1.165, 1.54) is 16.2 Å². The molecule has 15 heavy (non-hydrogen) atoms. The molecule has 2 aromatic carbocycles. The van der Waals surface area contributed by atoms with E-state index in [9.17, 15) is 0 Å². The van der Waals surface area contributed by atoms with Crippen molar-refractivity contribution in [3.05, 3.63) is 60.2 Å². The summed E-state index contributed by atoms with van der Waals surface area (Å²) in [5.41, 5.74) is 1.38. The van der Waals surface area contributed by atoms with Crippen LogP contribution in [0.1, 0.15) is 5.56 Å². The van der Waals surface area contributed by atoms with Gasteiger partial charge in [-0.1, -0.05) is 63.2 Å². The summed E-state index contributed by atoms with van der Waals surface area (Å²) in [6, 6.07) is 19.2. The Hall–Kier alpha value is -1.07. The van der Waals surface area contributed by atoms with E-state index in [2.05, 4.69) is 61.5 Å². The largest absolute Gasteiger partial charge is 0.0622 e. The summed E-state index contributed by atoms with van der Waals surface area (Å²) in [5.74, 6) is 0. The Morgan fingerprint density at radius 1 is 0.800 bits per heavy atom. The molecule has 0 spiro atoms. The van der Waals surface area contributed by atoms with Crippen molar-refractivity contribution < 1.29 is 0 Å². The first-order valence-electron chi connectivity index (χ1n) is 4.74. The van der Waals surface area contributed by atoms with Crippen molar-refractivity contribution in [2.75, 3.05) is 0 Å². The van der Waals surface area contributed by atoms with Gasteiger partial charge in [-0.15, -0.1) is 0 Å². The molecule has 0 saturated heterocycles. The summed E-state index contributed by atoms with van der Waals surface area (Å²) < 4.78 is 0. The molecule has 0 fully saturated rings. The van der Waals surface area contributed by atoms with Crippen molar-refractivity contribution in [1.82, 2.24) is 0 Å². The normalized spacial score (nSPS) is 10.2. The van der Waals surface area contributed by atoms with Crippen LogP contribution >= 0.6 is 8.58 Å². The van der Waals surface area contributed by atoms with E-state index in [4.69, 9.17) is 0 Å². The van der Waals surface area contributed by atoms with Gasteiger partial charge in [0.1, 0.15) is 0 Å². The van der Waals surface area contributed by atoms with Crippen LogP contribution in [0.2, 0.25) is 0 Å². The van der Waals surface area contributed by atoms with Gasteiger partial charge < -0.3 is 0 Å². The Morgan fingerprint density at radius 2 is 1.40 bits per heavy atom. The SMILES string of the molecule is Cc1ccccc1Pc1ccccc1.[B]. The zero-order chi connectivity index (χ0) is 9.80. The molecule has 0 aromatic heterocycles. The summed E-state index contributed by atoms with van der Waals surface area (Å²) >= 11 is 0. The maximum Gasteiger partial charge on any atom is 0 e. The second kappa shape index (κ2) is 5.73.